The summed E-state index contributed by atoms with van der Waals surface area (Å²) < 4.78 is 6.22. The van der Waals surface area contributed by atoms with Crippen LogP contribution in [0.3, 0.4) is 0 Å². The van der Waals surface area contributed by atoms with Crippen molar-refractivity contribution in [2.45, 2.75) is 11.7 Å². The zero-order valence-corrected chi connectivity index (χ0v) is 20.0. The molecular weight excluding hydrogens is 513 g/mol. The number of hydrogen-bond acceptors (Lipinski definition) is 5. The van der Waals surface area contributed by atoms with Crippen LogP contribution in [0.2, 0.25) is 15.1 Å². The summed E-state index contributed by atoms with van der Waals surface area (Å²) in [4.78, 5) is 56.0. The average molecular weight is 527 g/mol. The summed E-state index contributed by atoms with van der Waals surface area (Å²) in [6.07, 6.45) is -1.02. The van der Waals surface area contributed by atoms with Crippen LogP contribution in [0.5, 0.6) is 0 Å². The summed E-state index contributed by atoms with van der Waals surface area (Å²) in [5.41, 5.74) is -1.09. The minimum absolute atomic E-state index is 0.155. The predicted molar refractivity (Wildman–Crippen MR) is 129 cm³/mol. The number of ether oxygens (including phenoxy) is 1. The van der Waals surface area contributed by atoms with Crippen LogP contribution in [0.4, 0.5) is 5.69 Å². The highest BCUT2D eigenvalue weighted by Gasteiger charge is 2.74. The zero-order valence-electron chi connectivity index (χ0n) is 17.7. The monoisotopic (exact) mass is 525 g/mol. The second-order valence-electron chi connectivity index (χ2n) is 8.64. The molecule has 0 unspecified atom stereocenters. The lowest BCUT2D eigenvalue weighted by Crippen LogP contribution is -2.51. The van der Waals surface area contributed by atoms with Gasteiger partial charge in [-0.1, -0.05) is 71.2 Å². The molecule has 0 radical (unpaired) electrons. The van der Waals surface area contributed by atoms with E-state index >= 15 is 0 Å². The molecular formula is C26H14Cl3NO5. The molecule has 174 valence electrons. The highest BCUT2D eigenvalue weighted by molar-refractivity contribution is 6.42. The topological polar surface area (TPSA) is 80.8 Å². The van der Waals surface area contributed by atoms with Crippen LogP contribution in [0, 0.1) is 11.8 Å². The summed E-state index contributed by atoms with van der Waals surface area (Å²) in [5, 5.41) is 0.873. The molecule has 2 fully saturated rings. The molecule has 1 aliphatic carbocycles. The van der Waals surface area contributed by atoms with Crippen LogP contribution in [-0.2, 0) is 14.3 Å². The van der Waals surface area contributed by atoms with Gasteiger partial charge in [-0.2, -0.15) is 0 Å². The fourth-order valence-electron chi connectivity index (χ4n) is 5.35. The van der Waals surface area contributed by atoms with Crippen molar-refractivity contribution in [1.82, 2.24) is 0 Å². The number of amides is 2. The first kappa shape index (κ1) is 22.4. The highest BCUT2D eigenvalue weighted by atomic mass is 35.5. The first-order valence-corrected chi connectivity index (χ1v) is 11.8. The molecule has 0 bridgehead atoms. The summed E-state index contributed by atoms with van der Waals surface area (Å²) in [7, 11) is 0. The molecule has 0 saturated carbocycles. The van der Waals surface area contributed by atoms with E-state index in [1.54, 1.807) is 36.4 Å². The maximum Gasteiger partial charge on any atom is 0.241 e. The Balaban J connectivity index is 1.54. The molecule has 3 atom stereocenters. The summed E-state index contributed by atoms with van der Waals surface area (Å²) in [6, 6.07) is 17.2. The van der Waals surface area contributed by atoms with Crippen molar-refractivity contribution in [1.29, 1.82) is 0 Å². The Morgan fingerprint density at radius 2 is 1.37 bits per heavy atom. The van der Waals surface area contributed by atoms with E-state index < -0.39 is 46.9 Å². The Kier molecular flexibility index (Phi) is 4.96. The molecule has 6 rings (SSSR count). The minimum atomic E-state index is -2.14. The van der Waals surface area contributed by atoms with Crippen molar-refractivity contribution in [3.63, 3.8) is 0 Å². The van der Waals surface area contributed by atoms with E-state index in [-0.39, 0.29) is 26.9 Å². The lowest BCUT2D eigenvalue weighted by molar-refractivity contribution is -0.127. The predicted octanol–water partition coefficient (Wildman–Crippen LogP) is 5.34. The third-order valence-electron chi connectivity index (χ3n) is 6.88. The van der Waals surface area contributed by atoms with E-state index in [4.69, 9.17) is 39.5 Å². The number of carbonyl (C=O) groups excluding carboxylic acids is 4. The van der Waals surface area contributed by atoms with E-state index in [1.807, 2.05) is 0 Å². The molecule has 35 heavy (non-hydrogen) atoms. The van der Waals surface area contributed by atoms with Gasteiger partial charge < -0.3 is 4.74 Å². The van der Waals surface area contributed by atoms with Crippen molar-refractivity contribution in [3.8, 4) is 0 Å². The number of anilines is 1. The zero-order chi connectivity index (χ0) is 24.6. The number of nitrogens with zero attached hydrogens (tertiary/aromatic N) is 1. The quantitative estimate of drug-likeness (QED) is 0.333. The standard InChI is InChI=1S/C26H14Cl3NO5/c27-13-7-5-12(6-8-13)21-19-20(25(34)30(24(19)33)14-9-10-17(28)18(29)11-14)26(35-21)22(31)15-3-1-2-4-16(15)23(26)32/h1-11,19-21H/t19-,20-,21+/m0/s1. The maximum atomic E-state index is 13.9. The Hall–Kier alpha value is -3.03. The van der Waals surface area contributed by atoms with Crippen molar-refractivity contribution < 1.29 is 23.9 Å². The SMILES string of the molecule is O=C1[C@@H]2[C@@H](c3ccc(Cl)cc3)OC3(C(=O)c4ccccc4C3=O)[C@@H]2C(=O)N1c1ccc(Cl)c(Cl)c1. The molecule has 3 aromatic rings. The van der Waals surface area contributed by atoms with Gasteiger partial charge in [0, 0.05) is 16.1 Å². The number of carbonyl (C=O) groups is 4. The third kappa shape index (κ3) is 2.94. The molecule has 2 heterocycles. The van der Waals surface area contributed by atoms with Crippen molar-refractivity contribution >= 4 is 63.9 Å². The lowest BCUT2D eigenvalue weighted by Gasteiger charge is -2.27. The van der Waals surface area contributed by atoms with Gasteiger partial charge in [0.25, 0.3) is 0 Å². The number of halogens is 3. The van der Waals surface area contributed by atoms with Crippen LogP contribution >= 0.6 is 34.8 Å². The van der Waals surface area contributed by atoms with Gasteiger partial charge in [0.15, 0.2) is 0 Å². The molecule has 0 N–H and O–H groups in total. The van der Waals surface area contributed by atoms with Gasteiger partial charge in [-0.3, -0.25) is 19.2 Å². The lowest BCUT2D eigenvalue weighted by atomic mass is 9.77. The van der Waals surface area contributed by atoms with Gasteiger partial charge in [-0.25, -0.2) is 4.90 Å². The number of fused-ring (bicyclic) bond motifs is 3. The molecule has 2 aliphatic heterocycles. The van der Waals surface area contributed by atoms with Crippen LogP contribution in [0.15, 0.2) is 66.7 Å². The van der Waals surface area contributed by atoms with Gasteiger partial charge >= 0.3 is 0 Å². The van der Waals surface area contributed by atoms with Gasteiger partial charge in [-0.15, -0.1) is 0 Å². The summed E-state index contributed by atoms with van der Waals surface area (Å²) in [5.74, 6) is -5.00. The highest BCUT2D eigenvalue weighted by Crippen LogP contribution is 2.57. The van der Waals surface area contributed by atoms with Crippen LogP contribution in [0.1, 0.15) is 32.4 Å². The Morgan fingerprint density at radius 3 is 1.97 bits per heavy atom. The van der Waals surface area contributed by atoms with Gasteiger partial charge in [0.1, 0.15) is 0 Å². The van der Waals surface area contributed by atoms with Crippen molar-refractivity contribution in [2.24, 2.45) is 11.8 Å². The number of rotatable bonds is 2. The van der Waals surface area contributed by atoms with Crippen LogP contribution in [0.25, 0.3) is 0 Å². The van der Waals surface area contributed by atoms with Gasteiger partial charge in [0.2, 0.25) is 29.0 Å². The number of ketones is 2. The molecule has 3 aromatic carbocycles. The maximum absolute atomic E-state index is 13.9. The van der Waals surface area contributed by atoms with Gasteiger partial charge in [0.05, 0.1) is 33.7 Å². The van der Waals surface area contributed by atoms with Crippen molar-refractivity contribution in [3.05, 3.63) is 98.5 Å². The summed E-state index contributed by atoms with van der Waals surface area (Å²) in [6.45, 7) is 0. The molecule has 9 heteroatoms. The Bertz CT molecular complexity index is 1430. The van der Waals surface area contributed by atoms with E-state index in [1.165, 1.54) is 30.3 Å². The number of imide groups is 1. The Morgan fingerprint density at radius 1 is 0.743 bits per heavy atom. The fraction of sp³-hybridized carbons (Fsp3) is 0.154. The normalized spacial score (nSPS) is 24.4. The first-order valence-electron chi connectivity index (χ1n) is 10.7. The van der Waals surface area contributed by atoms with Crippen LogP contribution < -0.4 is 4.90 Å². The van der Waals surface area contributed by atoms with Crippen molar-refractivity contribution in [2.75, 3.05) is 4.90 Å². The number of hydrogen-bond donors (Lipinski definition) is 0. The van der Waals surface area contributed by atoms with E-state index in [9.17, 15) is 19.2 Å². The van der Waals surface area contributed by atoms with E-state index in [2.05, 4.69) is 0 Å². The van der Waals surface area contributed by atoms with E-state index in [0.717, 1.165) is 4.90 Å². The van der Waals surface area contributed by atoms with Gasteiger partial charge in [-0.05, 0) is 35.9 Å². The smallest absolute Gasteiger partial charge is 0.241 e. The fourth-order valence-corrected chi connectivity index (χ4v) is 5.77. The second-order valence-corrected chi connectivity index (χ2v) is 9.89. The largest absolute Gasteiger partial charge is 0.349 e. The van der Waals surface area contributed by atoms with Crippen LogP contribution in [-0.4, -0.2) is 29.0 Å². The molecule has 6 nitrogen and oxygen atoms in total. The molecule has 1 spiro atoms. The number of Topliss-reactive ketones (excluding diaryl/α,β-unsaturated/α-hetero) is 2. The first-order chi connectivity index (χ1) is 16.8. The molecule has 2 amide bonds. The molecule has 0 aromatic heterocycles. The summed E-state index contributed by atoms with van der Waals surface area (Å²) >= 11 is 18.2. The second kappa shape index (κ2) is 7.73. The minimum Gasteiger partial charge on any atom is -0.349 e. The molecule has 3 aliphatic rings. The van der Waals surface area contributed by atoms with E-state index in [0.29, 0.717) is 10.6 Å². The molecule has 2 saturated heterocycles. The average Bonchev–Trinajstić information content (AvgIpc) is 3.41. The third-order valence-corrected chi connectivity index (χ3v) is 7.87. The Labute approximate surface area is 214 Å². The number of benzene rings is 3.